The number of carbonyl (C=O) groups is 1. The zero-order valence-electron chi connectivity index (χ0n) is 14.0. The van der Waals surface area contributed by atoms with Gasteiger partial charge in [0, 0.05) is 15.6 Å². The summed E-state index contributed by atoms with van der Waals surface area (Å²) in [6.45, 7) is 2.58. The first-order chi connectivity index (χ1) is 12.0. The maximum absolute atomic E-state index is 12.2. The Bertz CT molecular complexity index is 778. The molecule has 0 atom stereocenters. The lowest BCUT2D eigenvalue weighted by molar-refractivity contribution is 0.0954. The number of halogens is 1. The number of hydrogen-bond donors (Lipinski definition) is 2. The maximum Gasteiger partial charge on any atom is 0.271 e. The predicted molar refractivity (Wildman–Crippen MR) is 99.6 cm³/mol. The van der Waals surface area contributed by atoms with Crippen LogP contribution < -0.4 is 14.9 Å². The molecule has 0 aliphatic carbocycles. The predicted octanol–water partition coefficient (Wildman–Crippen LogP) is 3.72. The number of methoxy groups -OCH3 is 1. The van der Waals surface area contributed by atoms with E-state index in [0.29, 0.717) is 29.2 Å². The lowest BCUT2D eigenvalue weighted by Gasteiger charge is -2.11. The summed E-state index contributed by atoms with van der Waals surface area (Å²) in [6, 6.07) is 9.84. The fourth-order valence-corrected chi connectivity index (χ4v) is 2.37. The van der Waals surface area contributed by atoms with Gasteiger partial charge in [0.15, 0.2) is 11.5 Å². The van der Waals surface area contributed by atoms with Crippen molar-refractivity contribution in [1.82, 2.24) is 5.43 Å². The van der Waals surface area contributed by atoms with E-state index in [-0.39, 0.29) is 5.75 Å². The number of hydrogen-bond acceptors (Lipinski definition) is 5. The molecule has 0 heterocycles. The number of rotatable bonds is 7. The summed E-state index contributed by atoms with van der Waals surface area (Å²) < 4.78 is 11.6. The SMILES string of the molecule is CCCOc1ccc(C(=O)N/N=C/c2cc(Br)ccc2O)cc1OC. The molecule has 0 aromatic heterocycles. The van der Waals surface area contributed by atoms with Crippen molar-refractivity contribution in [3.05, 3.63) is 52.0 Å². The molecule has 0 saturated carbocycles. The van der Waals surface area contributed by atoms with E-state index >= 15 is 0 Å². The smallest absolute Gasteiger partial charge is 0.271 e. The molecule has 0 fully saturated rings. The lowest BCUT2D eigenvalue weighted by Crippen LogP contribution is -2.17. The zero-order valence-corrected chi connectivity index (χ0v) is 15.5. The molecule has 0 aliphatic rings. The van der Waals surface area contributed by atoms with E-state index in [0.717, 1.165) is 10.9 Å². The van der Waals surface area contributed by atoms with Crippen molar-refractivity contribution >= 4 is 28.1 Å². The van der Waals surface area contributed by atoms with E-state index in [9.17, 15) is 9.90 Å². The van der Waals surface area contributed by atoms with Crippen molar-refractivity contribution in [3.63, 3.8) is 0 Å². The molecule has 0 radical (unpaired) electrons. The molecule has 25 heavy (non-hydrogen) atoms. The third kappa shape index (κ3) is 5.22. The molecule has 6 nitrogen and oxygen atoms in total. The zero-order chi connectivity index (χ0) is 18.2. The standard InChI is InChI=1S/C18H19BrN2O4/c1-3-8-25-16-7-4-12(10-17(16)24-2)18(23)21-20-11-13-9-14(19)5-6-15(13)22/h4-7,9-11,22H,3,8H2,1-2H3,(H,21,23)/b20-11+. The van der Waals surface area contributed by atoms with E-state index in [2.05, 4.69) is 26.5 Å². The first kappa shape index (κ1) is 18.8. The summed E-state index contributed by atoms with van der Waals surface area (Å²) in [5.74, 6) is 0.740. The van der Waals surface area contributed by atoms with Gasteiger partial charge in [0.05, 0.1) is 19.9 Å². The first-order valence-corrected chi connectivity index (χ1v) is 8.47. The molecule has 0 saturated heterocycles. The maximum atomic E-state index is 12.2. The molecule has 0 aliphatic heterocycles. The molecule has 2 aromatic rings. The van der Waals surface area contributed by atoms with Gasteiger partial charge in [-0.05, 0) is 42.8 Å². The summed E-state index contributed by atoms with van der Waals surface area (Å²) in [6.07, 6.45) is 2.25. The van der Waals surface area contributed by atoms with Crippen molar-refractivity contribution in [2.24, 2.45) is 5.10 Å². The number of phenolic OH excluding ortho intramolecular Hbond substituents is 1. The number of nitrogens with zero attached hydrogens (tertiary/aromatic N) is 1. The fraction of sp³-hybridized carbons (Fsp3) is 0.222. The number of carbonyl (C=O) groups excluding carboxylic acids is 1. The second kappa shape index (κ2) is 9.08. The Hall–Kier alpha value is -2.54. The number of hydrazone groups is 1. The van der Waals surface area contributed by atoms with E-state index < -0.39 is 5.91 Å². The highest BCUT2D eigenvalue weighted by Crippen LogP contribution is 2.28. The van der Waals surface area contributed by atoms with Crippen LogP contribution in [0.25, 0.3) is 0 Å². The van der Waals surface area contributed by atoms with E-state index in [1.54, 1.807) is 30.3 Å². The average Bonchev–Trinajstić information content (AvgIpc) is 2.62. The number of amides is 1. The van der Waals surface area contributed by atoms with E-state index in [4.69, 9.17) is 9.47 Å². The van der Waals surface area contributed by atoms with Gasteiger partial charge < -0.3 is 14.6 Å². The number of phenols is 1. The Kier molecular flexibility index (Phi) is 6.82. The van der Waals surface area contributed by atoms with Gasteiger partial charge in [0.25, 0.3) is 5.91 Å². The Labute approximate surface area is 154 Å². The topological polar surface area (TPSA) is 80.2 Å². The minimum absolute atomic E-state index is 0.0697. The molecule has 1 amide bonds. The highest BCUT2D eigenvalue weighted by molar-refractivity contribution is 9.10. The quantitative estimate of drug-likeness (QED) is 0.542. The number of nitrogens with one attached hydrogen (secondary N) is 1. The Morgan fingerprint density at radius 2 is 2.08 bits per heavy atom. The van der Waals surface area contributed by atoms with Crippen molar-refractivity contribution in [3.8, 4) is 17.2 Å². The van der Waals surface area contributed by atoms with Gasteiger partial charge >= 0.3 is 0 Å². The van der Waals surface area contributed by atoms with Crippen LogP contribution in [0, 0.1) is 0 Å². The fourth-order valence-electron chi connectivity index (χ4n) is 1.99. The monoisotopic (exact) mass is 406 g/mol. The molecule has 2 N–H and O–H groups in total. The number of ether oxygens (including phenoxy) is 2. The highest BCUT2D eigenvalue weighted by atomic mass is 79.9. The van der Waals surface area contributed by atoms with Crippen LogP contribution in [0.1, 0.15) is 29.3 Å². The van der Waals surface area contributed by atoms with Gasteiger partial charge in [0.1, 0.15) is 5.75 Å². The number of benzene rings is 2. The minimum atomic E-state index is -0.397. The van der Waals surface area contributed by atoms with Crippen molar-refractivity contribution < 1.29 is 19.4 Å². The van der Waals surface area contributed by atoms with E-state index in [1.165, 1.54) is 19.4 Å². The minimum Gasteiger partial charge on any atom is -0.507 e. The van der Waals surface area contributed by atoms with Gasteiger partial charge in [-0.15, -0.1) is 0 Å². The van der Waals surface area contributed by atoms with E-state index in [1.807, 2.05) is 6.92 Å². The van der Waals surface area contributed by atoms with Crippen LogP contribution in [0.5, 0.6) is 17.2 Å². The molecule has 0 unspecified atom stereocenters. The first-order valence-electron chi connectivity index (χ1n) is 7.68. The van der Waals surface area contributed by atoms with Crippen LogP contribution in [0.15, 0.2) is 46.0 Å². The lowest BCUT2D eigenvalue weighted by atomic mass is 10.2. The summed E-state index contributed by atoms with van der Waals surface area (Å²) in [5, 5.41) is 13.6. The molecule has 2 aromatic carbocycles. The van der Waals surface area contributed by atoms with Crippen LogP contribution in [0.3, 0.4) is 0 Å². The Balaban J connectivity index is 2.07. The van der Waals surface area contributed by atoms with Gasteiger partial charge in [-0.3, -0.25) is 4.79 Å². The third-order valence-electron chi connectivity index (χ3n) is 3.25. The van der Waals surface area contributed by atoms with Gasteiger partial charge in [0.2, 0.25) is 0 Å². The third-order valence-corrected chi connectivity index (χ3v) is 3.74. The molecule has 2 rings (SSSR count). The average molecular weight is 407 g/mol. The van der Waals surface area contributed by atoms with Gasteiger partial charge in [-0.2, -0.15) is 5.10 Å². The normalized spacial score (nSPS) is 10.7. The molecule has 132 valence electrons. The van der Waals surface area contributed by atoms with Gasteiger partial charge in [-0.1, -0.05) is 22.9 Å². The summed E-state index contributed by atoms with van der Waals surface area (Å²) >= 11 is 3.31. The van der Waals surface area contributed by atoms with Crippen molar-refractivity contribution in [2.75, 3.05) is 13.7 Å². The second-order valence-corrected chi connectivity index (χ2v) is 6.03. The number of aromatic hydroxyl groups is 1. The van der Waals surface area contributed by atoms with Crippen LogP contribution in [0.2, 0.25) is 0 Å². The summed E-state index contributed by atoms with van der Waals surface area (Å²) in [7, 11) is 1.52. The molecule has 0 spiro atoms. The summed E-state index contributed by atoms with van der Waals surface area (Å²) in [5.41, 5.74) is 3.28. The van der Waals surface area contributed by atoms with Crippen LogP contribution in [-0.4, -0.2) is 30.9 Å². The van der Waals surface area contributed by atoms with Crippen molar-refractivity contribution in [1.29, 1.82) is 0 Å². The molecule has 7 heteroatoms. The van der Waals surface area contributed by atoms with Gasteiger partial charge in [-0.25, -0.2) is 5.43 Å². The summed E-state index contributed by atoms with van der Waals surface area (Å²) in [4.78, 5) is 12.2. The molecular weight excluding hydrogens is 388 g/mol. The molecular formula is C18H19BrN2O4. The van der Waals surface area contributed by atoms with Crippen LogP contribution >= 0.6 is 15.9 Å². The Morgan fingerprint density at radius 3 is 2.80 bits per heavy atom. The van der Waals surface area contributed by atoms with Crippen LogP contribution in [-0.2, 0) is 0 Å². The Morgan fingerprint density at radius 1 is 1.28 bits per heavy atom. The largest absolute Gasteiger partial charge is 0.507 e. The second-order valence-electron chi connectivity index (χ2n) is 5.12. The van der Waals surface area contributed by atoms with Crippen LogP contribution in [0.4, 0.5) is 0 Å². The highest BCUT2D eigenvalue weighted by Gasteiger charge is 2.10. The van der Waals surface area contributed by atoms with Crippen molar-refractivity contribution in [2.45, 2.75) is 13.3 Å². The molecule has 0 bridgehead atoms.